The Hall–Kier alpha value is -1.27. The van der Waals surface area contributed by atoms with Crippen LogP contribution in [0.4, 0.5) is 5.82 Å². The van der Waals surface area contributed by atoms with Gasteiger partial charge in [-0.2, -0.15) is 5.10 Å². The summed E-state index contributed by atoms with van der Waals surface area (Å²) in [5.74, 6) is 0.773. The molecule has 1 heterocycles. The van der Waals surface area contributed by atoms with Crippen LogP contribution in [-0.2, 0) is 0 Å². The minimum Gasteiger partial charge on any atom is -0.389 e. The fraction of sp³-hybridized carbons (Fsp3) is 0.615. The lowest BCUT2D eigenvalue weighted by atomic mass is 10.1. The number of nitrogens with zero attached hydrogens (tertiary/aromatic N) is 4. The van der Waals surface area contributed by atoms with Crippen molar-refractivity contribution in [3.8, 4) is 0 Å². The Morgan fingerprint density at radius 3 is 2.32 bits per heavy atom. The molecule has 2 N–H and O–H groups in total. The number of aryl methyl sites for hydroxylation is 1. The van der Waals surface area contributed by atoms with Crippen LogP contribution in [-0.4, -0.2) is 54.3 Å². The average molecular weight is 281 g/mol. The van der Waals surface area contributed by atoms with Crippen LogP contribution in [0.5, 0.6) is 0 Å². The molecule has 0 aromatic carbocycles. The second-order valence-corrected chi connectivity index (χ2v) is 5.49. The van der Waals surface area contributed by atoms with E-state index in [0.717, 1.165) is 42.1 Å². The first-order chi connectivity index (χ1) is 8.84. The van der Waals surface area contributed by atoms with E-state index in [1.807, 2.05) is 20.9 Å². The molecule has 0 amide bonds. The Balaban J connectivity index is 2.93. The van der Waals surface area contributed by atoms with Crippen molar-refractivity contribution in [1.82, 2.24) is 15.1 Å². The highest BCUT2D eigenvalue weighted by molar-refractivity contribution is 7.80. The highest BCUT2D eigenvalue weighted by atomic mass is 32.1. The van der Waals surface area contributed by atoms with E-state index in [2.05, 4.69) is 34.1 Å². The van der Waals surface area contributed by atoms with Crippen LogP contribution in [0.25, 0.3) is 0 Å². The second kappa shape index (κ2) is 6.77. The molecule has 0 bridgehead atoms. The van der Waals surface area contributed by atoms with Gasteiger partial charge in [-0.1, -0.05) is 12.2 Å². The zero-order chi connectivity index (χ0) is 14.6. The van der Waals surface area contributed by atoms with Gasteiger partial charge in [0, 0.05) is 13.6 Å². The summed E-state index contributed by atoms with van der Waals surface area (Å²) >= 11 is 5.15. The SMILES string of the molecule is Cc1nnc(N(C)CCCN(C)C)c(C(N)=S)c1C. The zero-order valence-corrected chi connectivity index (χ0v) is 13.2. The first kappa shape index (κ1) is 15.8. The van der Waals surface area contributed by atoms with Gasteiger partial charge in [0.05, 0.1) is 11.3 Å². The van der Waals surface area contributed by atoms with Crippen molar-refractivity contribution in [3.63, 3.8) is 0 Å². The van der Waals surface area contributed by atoms with Gasteiger partial charge >= 0.3 is 0 Å². The van der Waals surface area contributed by atoms with Crippen LogP contribution in [0.2, 0.25) is 0 Å². The summed E-state index contributed by atoms with van der Waals surface area (Å²) < 4.78 is 0. The molecule has 0 saturated heterocycles. The van der Waals surface area contributed by atoms with E-state index in [1.165, 1.54) is 0 Å². The molecular weight excluding hydrogens is 258 g/mol. The average Bonchev–Trinajstić information content (AvgIpc) is 2.31. The quantitative estimate of drug-likeness (QED) is 0.789. The van der Waals surface area contributed by atoms with Crippen LogP contribution < -0.4 is 10.6 Å². The first-order valence-electron chi connectivity index (χ1n) is 6.34. The summed E-state index contributed by atoms with van der Waals surface area (Å²) in [5.41, 5.74) is 8.55. The maximum atomic E-state index is 5.83. The number of thiocarbonyl (C=S) groups is 1. The largest absolute Gasteiger partial charge is 0.389 e. The van der Waals surface area contributed by atoms with E-state index < -0.39 is 0 Å². The normalized spacial score (nSPS) is 10.8. The Morgan fingerprint density at radius 1 is 1.16 bits per heavy atom. The van der Waals surface area contributed by atoms with E-state index in [9.17, 15) is 0 Å². The first-order valence-corrected chi connectivity index (χ1v) is 6.75. The monoisotopic (exact) mass is 281 g/mol. The third kappa shape index (κ3) is 4.11. The van der Waals surface area contributed by atoms with Gasteiger partial charge in [-0.15, -0.1) is 5.10 Å². The van der Waals surface area contributed by atoms with E-state index >= 15 is 0 Å². The van der Waals surface area contributed by atoms with E-state index in [1.54, 1.807) is 0 Å². The molecule has 0 aliphatic rings. The van der Waals surface area contributed by atoms with Gasteiger partial charge in [0.1, 0.15) is 4.99 Å². The molecule has 6 heteroatoms. The van der Waals surface area contributed by atoms with E-state index in [0.29, 0.717) is 4.99 Å². The number of rotatable bonds is 6. The predicted molar refractivity (Wildman–Crippen MR) is 83.8 cm³/mol. The molecule has 0 unspecified atom stereocenters. The molecule has 1 aromatic rings. The van der Waals surface area contributed by atoms with E-state index in [4.69, 9.17) is 18.0 Å². The van der Waals surface area contributed by atoms with Crippen molar-refractivity contribution in [2.45, 2.75) is 20.3 Å². The highest BCUT2D eigenvalue weighted by Crippen LogP contribution is 2.21. The van der Waals surface area contributed by atoms with Gasteiger partial charge in [-0.25, -0.2) is 0 Å². The third-order valence-electron chi connectivity index (χ3n) is 3.14. The molecule has 19 heavy (non-hydrogen) atoms. The number of anilines is 1. The minimum absolute atomic E-state index is 0.380. The molecule has 0 aliphatic carbocycles. The van der Waals surface area contributed by atoms with Crippen molar-refractivity contribution in [1.29, 1.82) is 0 Å². The summed E-state index contributed by atoms with van der Waals surface area (Å²) in [7, 11) is 6.13. The van der Waals surface area contributed by atoms with Crippen LogP contribution in [0.15, 0.2) is 0 Å². The molecular formula is C13H23N5S. The summed E-state index contributed by atoms with van der Waals surface area (Å²) in [6.45, 7) is 5.82. The molecule has 0 atom stereocenters. The van der Waals surface area contributed by atoms with Gasteiger partial charge in [-0.3, -0.25) is 0 Å². The van der Waals surface area contributed by atoms with Crippen molar-refractivity contribution < 1.29 is 0 Å². The minimum atomic E-state index is 0.380. The molecule has 0 saturated carbocycles. The van der Waals surface area contributed by atoms with Gasteiger partial charge in [0.2, 0.25) is 0 Å². The fourth-order valence-corrected chi connectivity index (χ4v) is 2.13. The van der Waals surface area contributed by atoms with Crippen molar-refractivity contribution >= 4 is 23.0 Å². The fourth-order valence-electron chi connectivity index (χ4n) is 1.89. The summed E-state index contributed by atoms with van der Waals surface area (Å²) in [5, 5.41) is 8.42. The standard InChI is InChI=1S/C13H23N5S/c1-9-10(2)15-16-13(11(9)12(14)19)18(5)8-6-7-17(3)4/h6-8H2,1-5H3,(H2,14,19). The zero-order valence-electron chi connectivity index (χ0n) is 12.4. The summed E-state index contributed by atoms with van der Waals surface area (Å²) in [6, 6.07) is 0. The van der Waals surface area contributed by atoms with Crippen LogP contribution in [0.3, 0.4) is 0 Å². The lowest BCUT2D eigenvalue weighted by Crippen LogP contribution is -2.28. The van der Waals surface area contributed by atoms with Crippen LogP contribution >= 0.6 is 12.2 Å². The maximum Gasteiger partial charge on any atom is 0.161 e. The molecule has 1 rings (SSSR count). The molecule has 1 aromatic heterocycles. The van der Waals surface area contributed by atoms with Crippen LogP contribution in [0, 0.1) is 13.8 Å². The van der Waals surface area contributed by atoms with Gasteiger partial charge in [0.25, 0.3) is 0 Å². The highest BCUT2D eigenvalue weighted by Gasteiger charge is 2.16. The summed E-state index contributed by atoms with van der Waals surface area (Å²) in [6.07, 6.45) is 1.05. The Bertz CT molecular complexity index is 459. The second-order valence-electron chi connectivity index (χ2n) is 5.05. The van der Waals surface area contributed by atoms with Crippen molar-refractivity contribution in [2.75, 3.05) is 39.1 Å². The number of aromatic nitrogens is 2. The molecule has 0 spiro atoms. The molecule has 106 valence electrons. The lowest BCUT2D eigenvalue weighted by Gasteiger charge is -2.22. The molecule has 0 radical (unpaired) electrons. The maximum absolute atomic E-state index is 5.83. The molecule has 0 aliphatic heterocycles. The molecule has 0 fully saturated rings. The van der Waals surface area contributed by atoms with Gasteiger partial charge in [0.15, 0.2) is 5.82 Å². The van der Waals surface area contributed by atoms with Crippen LogP contribution in [0.1, 0.15) is 23.2 Å². The van der Waals surface area contributed by atoms with Crippen molar-refractivity contribution in [3.05, 3.63) is 16.8 Å². The molecule has 5 nitrogen and oxygen atoms in total. The Morgan fingerprint density at radius 2 is 1.79 bits per heavy atom. The number of nitrogens with two attached hydrogens (primary N) is 1. The van der Waals surface area contributed by atoms with E-state index in [-0.39, 0.29) is 0 Å². The Kier molecular flexibility index (Phi) is 5.62. The third-order valence-corrected chi connectivity index (χ3v) is 3.35. The topological polar surface area (TPSA) is 58.3 Å². The Labute approximate surface area is 120 Å². The number of hydrogen-bond donors (Lipinski definition) is 1. The predicted octanol–water partition coefficient (Wildman–Crippen LogP) is 1.12. The summed E-state index contributed by atoms with van der Waals surface area (Å²) in [4.78, 5) is 4.61. The number of hydrogen-bond acceptors (Lipinski definition) is 5. The van der Waals surface area contributed by atoms with Gasteiger partial charge < -0.3 is 15.5 Å². The van der Waals surface area contributed by atoms with Gasteiger partial charge in [-0.05, 0) is 46.5 Å². The smallest absolute Gasteiger partial charge is 0.161 e. The van der Waals surface area contributed by atoms with Crippen molar-refractivity contribution in [2.24, 2.45) is 5.73 Å². The lowest BCUT2D eigenvalue weighted by molar-refractivity contribution is 0.401.